The molecule has 1 aromatic rings. The predicted molar refractivity (Wildman–Crippen MR) is 40.9 cm³/mol. The van der Waals surface area contributed by atoms with Gasteiger partial charge in [-0.15, -0.1) is 0 Å². The highest BCUT2D eigenvalue weighted by atomic mass is 35.5. The molecular formula is C7H6Cl2N2. The van der Waals surface area contributed by atoms with Gasteiger partial charge in [0, 0.05) is 6.07 Å². The van der Waals surface area contributed by atoms with Gasteiger partial charge in [0.05, 0.1) is 0 Å². The molecule has 0 aliphatic carbocycles. The van der Waals surface area contributed by atoms with E-state index in [0.717, 1.165) is 5.56 Å². The summed E-state index contributed by atoms with van der Waals surface area (Å²) < 4.78 is 0. The zero-order chi connectivity index (χ0) is 7.56. The normalized spacial score (nSPS) is 8.09. The first kappa shape index (κ1) is 10.2. The minimum absolute atomic E-state index is 0. The third-order valence-corrected chi connectivity index (χ3v) is 1.51. The summed E-state index contributed by atoms with van der Waals surface area (Å²) in [5.74, 6) is 0. The van der Waals surface area contributed by atoms with Gasteiger partial charge in [0.25, 0.3) is 0 Å². The Kier molecular flexibility index (Phi) is 3.88. The molecule has 0 heterocycles. The number of nitrogens with zero attached hydrogens (tertiary/aromatic N) is 2. The molecule has 1 aromatic carbocycles. The minimum atomic E-state index is 0. The first-order valence-corrected chi connectivity index (χ1v) is 3.23. The van der Waals surface area contributed by atoms with Gasteiger partial charge in [-0.1, -0.05) is 17.7 Å². The van der Waals surface area contributed by atoms with E-state index in [1.807, 2.05) is 13.0 Å². The lowest BCUT2D eigenvalue weighted by Gasteiger charge is -1.86. The average molecular weight is 189 g/mol. The van der Waals surface area contributed by atoms with Crippen molar-refractivity contribution in [3.63, 3.8) is 0 Å². The lowest BCUT2D eigenvalue weighted by molar-refractivity contribution is -0.00000225. The van der Waals surface area contributed by atoms with Gasteiger partial charge in [0.2, 0.25) is 5.39 Å². The van der Waals surface area contributed by atoms with E-state index in [0.29, 0.717) is 10.7 Å². The lowest BCUT2D eigenvalue weighted by atomic mass is 10.2. The Morgan fingerprint density at radius 2 is 2.09 bits per heavy atom. The van der Waals surface area contributed by atoms with Crippen LogP contribution in [-0.2, 0) is 0 Å². The molecule has 0 aliphatic rings. The van der Waals surface area contributed by atoms with Crippen LogP contribution in [0.4, 0.5) is 5.69 Å². The molecule has 0 aromatic heterocycles. The number of hydrogen-bond donors (Lipinski definition) is 0. The average Bonchev–Trinajstić information content (AvgIpc) is 1.88. The lowest BCUT2D eigenvalue weighted by Crippen LogP contribution is -3.00. The quantitative estimate of drug-likeness (QED) is 0.533. The highest BCUT2D eigenvalue weighted by Crippen LogP contribution is 2.24. The number of rotatable bonds is 0. The molecule has 0 bridgehead atoms. The number of diazo groups is 1. The molecule has 0 unspecified atom stereocenters. The van der Waals surface area contributed by atoms with Crippen LogP contribution < -0.4 is 12.4 Å². The third-order valence-electron chi connectivity index (χ3n) is 1.21. The first-order valence-electron chi connectivity index (χ1n) is 2.85. The summed E-state index contributed by atoms with van der Waals surface area (Å²) >= 11 is 5.68. The van der Waals surface area contributed by atoms with Gasteiger partial charge < -0.3 is 12.4 Å². The largest absolute Gasteiger partial charge is 1.00 e. The molecule has 1 rings (SSSR count). The fourth-order valence-electron chi connectivity index (χ4n) is 0.693. The zero-order valence-electron chi connectivity index (χ0n) is 5.88. The van der Waals surface area contributed by atoms with Crippen molar-refractivity contribution < 1.29 is 12.4 Å². The van der Waals surface area contributed by atoms with Crippen molar-refractivity contribution in [2.45, 2.75) is 6.92 Å². The number of halogens is 2. The topological polar surface area (TPSA) is 28.1 Å². The van der Waals surface area contributed by atoms with E-state index in [-0.39, 0.29) is 12.4 Å². The van der Waals surface area contributed by atoms with E-state index >= 15 is 0 Å². The Morgan fingerprint density at radius 1 is 1.45 bits per heavy atom. The Bertz CT molecular complexity index is 291. The van der Waals surface area contributed by atoms with Crippen LogP contribution in [0, 0.1) is 12.3 Å². The number of benzene rings is 1. The van der Waals surface area contributed by atoms with Crippen molar-refractivity contribution in [1.29, 1.82) is 5.39 Å². The van der Waals surface area contributed by atoms with E-state index in [9.17, 15) is 0 Å². The Morgan fingerprint density at radius 3 is 2.55 bits per heavy atom. The van der Waals surface area contributed by atoms with Crippen LogP contribution in [0.15, 0.2) is 18.2 Å². The van der Waals surface area contributed by atoms with Crippen molar-refractivity contribution in [2.24, 2.45) is 0 Å². The molecule has 0 saturated carbocycles. The van der Waals surface area contributed by atoms with Gasteiger partial charge in [0.15, 0.2) is 4.98 Å². The molecule has 4 heteroatoms. The smallest absolute Gasteiger partial charge is 0.403 e. The summed E-state index contributed by atoms with van der Waals surface area (Å²) in [5.41, 5.74) is 1.46. The maximum atomic E-state index is 8.35. The van der Waals surface area contributed by atoms with Crippen molar-refractivity contribution in [1.82, 2.24) is 0 Å². The molecular weight excluding hydrogens is 183 g/mol. The summed E-state index contributed by atoms with van der Waals surface area (Å²) in [6.07, 6.45) is 0. The summed E-state index contributed by atoms with van der Waals surface area (Å²) in [5, 5.41) is 8.82. The van der Waals surface area contributed by atoms with E-state index in [2.05, 4.69) is 4.98 Å². The molecule has 0 fully saturated rings. The molecule has 0 amide bonds. The summed E-state index contributed by atoms with van der Waals surface area (Å²) in [6.45, 7) is 1.92. The van der Waals surface area contributed by atoms with E-state index in [4.69, 9.17) is 17.0 Å². The van der Waals surface area contributed by atoms with Crippen LogP contribution >= 0.6 is 11.6 Å². The van der Waals surface area contributed by atoms with Crippen molar-refractivity contribution in [3.8, 4) is 0 Å². The monoisotopic (exact) mass is 188 g/mol. The molecule has 0 spiro atoms. The molecule has 2 nitrogen and oxygen atoms in total. The second-order valence-electron chi connectivity index (χ2n) is 2.05. The van der Waals surface area contributed by atoms with Gasteiger partial charge in [-0.3, -0.25) is 0 Å². The zero-order valence-corrected chi connectivity index (χ0v) is 7.39. The van der Waals surface area contributed by atoms with Gasteiger partial charge in [-0.25, -0.2) is 0 Å². The van der Waals surface area contributed by atoms with Crippen molar-refractivity contribution >= 4 is 17.3 Å². The van der Waals surface area contributed by atoms with Crippen molar-refractivity contribution in [2.75, 3.05) is 0 Å². The summed E-state index contributed by atoms with van der Waals surface area (Å²) in [7, 11) is 0. The van der Waals surface area contributed by atoms with E-state index in [1.165, 1.54) is 0 Å². The Hall–Kier alpha value is -0.780. The van der Waals surface area contributed by atoms with Gasteiger partial charge >= 0.3 is 5.69 Å². The molecule has 58 valence electrons. The second-order valence-corrected chi connectivity index (χ2v) is 2.46. The molecule has 0 atom stereocenters. The summed E-state index contributed by atoms with van der Waals surface area (Å²) in [4.78, 5) is 2.98. The predicted octanol–water partition coefficient (Wildman–Crippen LogP) is 0.137. The fraction of sp³-hybridized carbons (Fsp3) is 0.143. The standard InChI is InChI=1S/C7H6ClN2.ClH/c1-5-2-3-7(10-9)6(8)4-5;/h2-4H,1H3;1H/q+1;/p-1. The van der Waals surface area contributed by atoms with E-state index in [1.54, 1.807) is 12.1 Å². The van der Waals surface area contributed by atoms with Crippen molar-refractivity contribution in [3.05, 3.63) is 33.8 Å². The second kappa shape index (κ2) is 4.17. The van der Waals surface area contributed by atoms with Crippen LogP contribution in [0.2, 0.25) is 5.02 Å². The molecule has 11 heavy (non-hydrogen) atoms. The molecule has 0 saturated heterocycles. The summed E-state index contributed by atoms with van der Waals surface area (Å²) in [6, 6.07) is 5.25. The first-order chi connectivity index (χ1) is 4.74. The highest BCUT2D eigenvalue weighted by Gasteiger charge is 2.09. The van der Waals surface area contributed by atoms with E-state index < -0.39 is 0 Å². The van der Waals surface area contributed by atoms with Crippen LogP contribution in [0.1, 0.15) is 5.56 Å². The molecule has 0 radical (unpaired) electrons. The van der Waals surface area contributed by atoms with Crippen LogP contribution in [-0.4, -0.2) is 0 Å². The highest BCUT2D eigenvalue weighted by molar-refractivity contribution is 6.33. The van der Waals surface area contributed by atoms with Crippen LogP contribution in [0.5, 0.6) is 0 Å². The Labute approximate surface area is 76.2 Å². The maximum absolute atomic E-state index is 8.35. The number of aryl methyl sites for hydroxylation is 1. The van der Waals surface area contributed by atoms with Crippen LogP contribution in [0.3, 0.4) is 0 Å². The van der Waals surface area contributed by atoms with Gasteiger partial charge in [-0.2, -0.15) is 0 Å². The Balaban J connectivity index is 0.000001000. The van der Waals surface area contributed by atoms with Crippen LogP contribution in [0.25, 0.3) is 4.98 Å². The minimum Gasteiger partial charge on any atom is -1.00 e. The molecule has 0 N–H and O–H groups in total. The number of hydrogen-bond acceptors (Lipinski definition) is 1. The SMILES string of the molecule is Cc1ccc([N+]#N)c(Cl)c1.[Cl-]. The maximum Gasteiger partial charge on any atom is 0.403 e. The van der Waals surface area contributed by atoms with Gasteiger partial charge in [-0.05, 0) is 18.6 Å². The third kappa shape index (κ3) is 2.38. The fourth-order valence-corrected chi connectivity index (χ4v) is 0.966. The van der Waals surface area contributed by atoms with Gasteiger partial charge in [0.1, 0.15) is 5.02 Å². The molecule has 0 aliphatic heterocycles.